The van der Waals surface area contributed by atoms with Gasteiger partial charge in [0.15, 0.2) is 0 Å². The van der Waals surface area contributed by atoms with Crippen LogP contribution in [0.5, 0.6) is 0 Å². The molecular weight excluding hydrogens is 249 g/mol. The average molecular weight is 268 g/mol. The summed E-state index contributed by atoms with van der Waals surface area (Å²) in [4.78, 5) is 14.9. The zero-order valence-corrected chi connectivity index (χ0v) is 10.9. The molecule has 1 heterocycles. The zero-order valence-electron chi connectivity index (χ0n) is 10.9. The van der Waals surface area contributed by atoms with Gasteiger partial charge in [-0.2, -0.15) is 13.2 Å². The topological polar surface area (TPSA) is 32.8 Å². The molecule has 0 aromatic rings. The maximum absolute atomic E-state index is 12.2. The second-order valence-electron chi connectivity index (χ2n) is 4.90. The summed E-state index contributed by atoms with van der Waals surface area (Å²) in [6.45, 7) is 3.48. The van der Waals surface area contributed by atoms with Crippen LogP contribution in [-0.2, 0) is 9.53 Å². The van der Waals surface area contributed by atoms with E-state index < -0.39 is 18.3 Å². The van der Waals surface area contributed by atoms with Gasteiger partial charge in [-0.25, -0.2) is 0 Å². The summed E-state index contributed by atoms with van der Waals surface area (Å²) >= 11 is 0. The van der Waals surface area contributed by atoms with Crippen LogP contribution in [0.15, 0.2) is 0 Å². The van der Waals surface area contributed by atoms with E-state index in [2.05, 4.69) is 0 Å². The number of alkyl halides is 3. The molecule has 18 heavy (non-hydrogen) atoms. The van der Waals surface area contributed by atoms with Crippen molar-refractivity contribution in [1.29, 1.82) is 0 Å². The molecule has 1 fully saturated rings. The fourth-order valence-corrected chi connectivity index (χ4v) is 1.83. The van der Waals surface area contributed by atoms with Gasteiger partial charge in [-0.05, 0) is 13.8 Å². The van der Waals surface area contributed by atoms with Crippen molar-refractivity contribution in [3.05, 3.63) is 0 Å². The van der Waals surface area contributed by atoms with E-state index in [0.717, 1.165) is 0 Å². The molecule has 1 aliphatic rings. The van der Waals surface area contributed by atoms with Crippen LogP contribution < -0.4 is 0 Å². The molecule has 0 atom stereocenters. The van der Waals surface area contributed by atoms with Gasteiger partial charge in [0, 0.05) is 33.3 Å². The van der Waals surface area contributed by atoms with Crippen molar-refractivity contribution in [2.45, 2.75) is 25.6 Å². The highest BCUT2D eigenvalue weighted by Gasteiger charge is 2.36. The Morgan fingerprint density at radius 1 is 1.17 bits per heavy atom. The Hall–Kier alpha value is -0.820. The average Bonchev–Trinajstić information content (AvgIpc) is 2.27. The molecule has 0 spiro atoms. The second kappa shape index (κ2) is 5.44. The highest BCUT2D eigenvalue weighted by atomic mass is 19.4. The molecule has 0 N–H and O–H groups in total. The molecule has 1 rings (SSSR count). The van der Waals surface area contributed by atoms with Gasteiger partial charge in [0.1, 0.15) is 5.60 Å². The van der Waals surface area contributed by atoms with Crippen molar-refractivity contribution in [2.24, 2.45) is 0 Å². The lowest BCUT2D eigenvalue weighted by atomic mass is 10.1. The lowest BCUT2D eigenvalue weighted by Crippen LogP contribution is -2.55. The van der Waals surface area contributed by atoms with Gasteiger partial charge in [0.2, 0.25) is 0 Å². The molecular formula is C11H19F3N2O2. The molecule has 1 aliphatic heterocycles. The number of hydrogen-bond donors (Lipinski definition) is 0. The first-order valence-electron chi connectivity index (χ1n) is 5.79. The molecule has 1 saturated heterocycles. The van der Waals surface area contributed by atoms with Gasteiger partial charge in [-0.3, -0.25) is 9.69 Å². The number of piperazine rings is 1. The van der Waals surface area contributed by atoms with E-state index in [9.17, 15) is 18.0 Å². The number of amides is 1. The Kier molecular flexibility index (Phi) is 4.61. The summed E-state index contributed by atoms with van der Waals surface area (Å²) in [7, 11) is 1.44. The Morgan fingerprint density at radius 3 is 2.06 bits per heavy atom. The summed E-state index contributed by atoms with van der Waals surface area (Å²) in [5.74, 6) is -0.184. The highest BCUT2D eigenvalue weighted by Crippen LogP contribution is 2.19. The number of carbonyl (C=O) groups excluding carboxylic acids is 1. The minimum absolute atomic E-state index is 0.184. The molecule has 0 aromatic carbocycles. The Morgan fingerprint density at radius 2 is 1.67 bits per heavy atom. The molecule has 1 amide bonds. The van der Waals surface area contributed by atoms with Crippen LogP contribution >= 0.6 is 0 Å². The molecule has 0 aromatic heterocycles. The molecule has 0 saturated carbocycles. The van der Waals surface area contributed by atoms with Gasteiger partial charge in [0.25, 0.3) is 5.91 Å². The summed E-state index contributed by atoms with van der Waals surface area (Å²) in [6, 6.07) is 0. The monoisotopic (exact) mass is 268 g/mol. The normalized spacial score (nSPS) is 19.1. The van der Waals surface area contributed by atoms with Gasteiger partial charge < -0.3 is 9.64 Å². The third kappa shape index (κ3) is 4.13. The quantitative estimate of drug-likeness (QED) is 0.769. The first-order valence-corrected chi connectivity index (χ1v) is 5.79. The number of nitrogens with zero attached hydrogens (tertiary/aromatic N) is 2. The van der Waals surface area contributed by atoms with E-state index in [4.69, 9.17) is 4.74 Å². The van der Waals surface area contributed by atoms with Crippen molar-refractivity contribution in [2.75, 3.05) is 39.8 Å². The van der Waals surface area contributed by atoms with Gasteiger partial charge >= 0.3 is 6.18 Å². The maximum Gasteiger partial charge on any atom is 0.401 e. The largest absolute Gasteiger partial charge is 0.401 e. The van der Waals surface area contributed by atoms with E-state index in [-0.39, 0.29) is 19.0 Å². The van der Waals surface area contributed by atoms with Crippen LogP contribution in [-0.4, -0.2) is 67.3 Å². The number of hydrogen-bond acceptors (Lipinski definition) is 3. The van der Waals surface area contributed by atoms with Crippen LogP contribution in [0.25, 0.3) is 0 Å². The fourth-order valence-electron chi connectivity index (χ4n) is 1.83. The molecule has 4 nitrogen and oxygen atoms in total. The van der Waals surface area contributed by atoms with Crippen molar-refractivity contribution in [1.82, 2.24) is 9.80 Å². The number of ether oxygens (including phenoxy) is 1. The summed E-state index contributed by atoms with van der Waals surface area (Å²) in [5.41, 5.74) is -0.924. The van der Waals surface area contributed by atoms with Crippen LogP contribution in [0.2, 0.25) is 0 Å². The standard InChI is InChI=1S/C11H19F3N2O2/c1-10(2,18-3)9(17)16-6-4-15(5-7-16)8-11(12,13)14/h4-8H2,1-3H3. The van der Waals surface area contributed by atoms with Gasteiger partial charge in [-0.1, -0.05) is 0 Å². The van der Waals surface area contributed by atoms with Crippen LogP contribution in [0.3, 0.4) is 0 Å². The number of rotatable bonds is 3. The molecule has 0 unspecified atom stereocenters. The Bertz CT molecular complexity index is 297. The second-order valence-corrected chi connectivity index (χ2v) is 4.90. The SMILES string of the molecule is COC(C)(C)C(=O)N1CCN(CC(F)(F)F)CC1. The summed E-state index contributed by atoms with van der Waals surface area (Å²) in [5, 5.41) is 0. The van der Waals surface area contributed by atoms with E-state index in [1.54, 1.807) is 18.7 Å². The van der Waals surface area contributed by atoms with Crippen LogP contribution in [0, 0.1) is 0 Å². The van der Waals surface area contributed by atoms with E-state index in [1.165, 1.54) is 12.0 Å². The Balaban J connectivity index is 2.47. The molecule has 0 bridgehead atoms. The van der Waals surface area contributed by atoms with Crippen molar-refractivity contribution < 1.29 is 22.7 Å². The maximum atomic E-state index is 12.2. The van der Waals surface area contributed by atoms with Crippen molar-refractivity contribution in [3.8, 4) is 0 Å². The summed E-state index contributed by atoms with van der Waals surface area (Å²) in [6.07, 6.45) is -4.18. The minimum Gasteiger partial charge on any atom is -0.369 e. The molecule has 0 radical (unpaired) electrons. The van der Waals surface area contributed by atoms with E-state index >= 15 is 0 Å². The molecule has 0 aliphatic carbocycles. The first kappa shape index (κ1) is 15.2. The van der Waals surface area contributed by atoms with Gasteiger partial charge in [-0.15, -0.1) is 0 Å². The Labute approximate surface area is 105 Å². The predicted octanol–water partition coefficient (Wildman–Crippen LogP) is 1.12. The highest BCUT2D eigenvalue weighted by molar-refractivity contribution is 5.84. The van der Waals surface area contributed by atoms with Gasteiger partial charge in [0.05, 0.1) is 6.54 Å². The number of methoxy groups -OCH3 is 1. The van der Waals surface area contributed by atoms with Crippen molar-refractivity contribution in [3.63, 3.8) is 0 Å². The number of halogens is 3. The van der Waals surface area contributed by atoms with Crippen LogP contribution in [0.1, 0.15) is 13.8 Å². The zero-order chi connectivity index (χ0) is 14.0. The third-order valence-electron chi connectivity index (χ3n) is 3.09. The fraction of sp³-hybridized carbons (Fsp3) is 0.909. The predicted molar refractivity (Wildman–Crippen MR) is 60.2 cm³/mol. The molecule has 106 valence electrons. The number of carbonyl (C=O) groups is 1. The first-order chi connectivity index (χ1) is 8.15. The summed E-state index contributed by atoms with van der Waals surface area (Å²) < 4.78 is 41.7. The van der Waals surface area contributed by atoms with Crippen molar-refractivity contribution >= 4 is 5.91 Å². The lowest BCUT2D eigenvalue weighted by Gasteiger charge is -2.38. The minimum atomic E-state index is -4.18. The van der Waals surface area contributed by atoms with E-state index in [0.29, 0.717) is 13.1 Å². The third-order valence-corrected chi connectivity index (χ3v) is 3.09. The molecule has 7 heteroatoms. The van der Waals surface area contributed by atoms with E-state index in [1.807, 2.05) is 0 Å². The lowest BCUT2D eigenvalue weighted by molar-refractivity contribution is -0.159. The smallest absolute Gasteiger partial charge is 0.369 e. The van der Waals surface area contributed by atoms with Crippen LogP contribution in [0.4, 0.5) is 13.2 Å².